The zero-order chi connectivity index (χ0) is 30.9. The zero-order valence-corrected chi connectivity index (χ0v) is 25.8. The second-order valence-corrected chi connectivity index (χ2v) is 14.2. The fraction of sp³-hybridized carbons (Fsp3) is 0.0238. The molecule has 0 aliphatic carbocycles. The smallest absolute Gasteiger partial charge is 0.166 e. The maximum Gasteiger partial charge on any atom is 0.166 e. The van der Waals surface area contributed by atoms with Crippen molar-refractivity contribution in [2.45, 2.75) is 6.42 Å². The fourth-order valence-corrected chi connectivity index (χ4v) is 10.1. The first-order valence-electron chi connectivity index (χ1n) is 15.0. The van der Waals surface area contributed by atoms with Gasteiger partial charge in [0.05, 0.1) is 0 Å². The number of carbonyl (C=O) groups excluding carboxylic acids is 1. The van der Waals surface area contributed by atoms with E-state index >= 15 is 0 Å². The first-order chi connectivity index (χ1) is 22.2. The third-order valence-electron chi connectivity index (χ3n) is 7.93. The van der Waals surface area contributed by atoms with Crippen molar-refractivity contribution < 1.29 is 9.90 Å². The summed E-state index contributed by atoms with van der Waals surface area (Å²) in [6.07, 6.45) is 0.258. The number of fused-ring (bicyclic) bond motifs is 1. The van der Waals surface area contributed by atoms with E-state index in [0.717, 1.165) is 16.3 Å². The molecular formula is C42H33O2P. The summed E-state index contributed by atoms with van der Waals surface area (Å²) in [5, 5.41) is 19.4. The number of hydrogen-bond acceptors (Lipinski definition) is 2. The van der Waals surface area contributed by atoms with Gasteiger partial charge in [0.1, 0.15) is 28.5 Å². The van der Waals surface area contributed by atoms with E-state index in [9.17, 15) is 9.90 Å². The molecule has 0 aliphatic rings. The number of rotatable bonds is 7. The molecule has 7 aromatic carbocycles. The van der Waals surface area contributed by atoms with Crippen molar-refractivity contribution in [3.63, 3.8) is 0 Å². The SMILES string of the molecule is O=C(Cc1ccccc1)c1cc2ccccc2cc1[O-].c1ccc([P+](c2ccccc2)(c2ccccc2)c2ccccc2)cc1. The summed E-state index contributed by atoms with van der Waals surface area (Å²) in [5.41, 5.74) is 1.19. The lowest BCUT2D eigenvalue weighted by Gasteiger charge is -2.27. The molecule has 0 amide bonds. The van der Waals surface area contributed by atoms with Gasteiger partial charge in [-0.3, -0.25) is 4.79 Å². The van der Waals surface area contributed by atoms with Crippen LogP contribution in [0.3, 0.4) is 0 Å². The largest absolute Gasteiger partial charge is 0.872 e. The zero-order valence-electron chi connectivity index (χ0n) is 24.9. The number of Topliss-reactive ketones (excluding diaryl/α,β-unsaturated/α-hetero) is 1. The van der Waals surface area contributed by atoms with Gasteiger partial charge in [-0.2, -0.15) is 0 Å². The Morgan fingerprint density at radius 1 is 0.444 bits per heavy atom. The normalized spacial score (nSPS) is 10.9. The highest BCUT2D eigenvalue weighted by Crippen LogP contribution is 2.54. The first kappa shape index (κ1) is 29.8. The van der Waals surface area contributed by atoms with Gasteiger partial charge in [-0.05, 0) is 70.9 Å². The number of benzene rings is 7. The Bertz CT molecular complexity index is 1810. The molecule has 3 heteroatoms. The Kier molecular flexibility index (Phi) is 9.25. The molecule has 0 heterocycles. The fourth-order valence-electron chi connectivity index (χ4n) is 5.81. The summed E-state index contributed by atoms with van der Waals surface area (Å²) in [5.74, 6) is -0.336. The van der Waals surface area contributed by atoms with Crippen LogP contribution in [0.25, 0.3) is 10.8 Å². The first-order valence-corrected chi connectivity index (χ1v) is 16.8. The third-order valence-corrected chi connectivity index (χ3v) is 12.2. The van der Waals surface area contributed by atoms with Crippen molar-refractivity contribution in [2.24, 2.45) is 0 Å². The molecule has 218 valence electrons. The molecule has 0 aromatic heterocycles. The molecule has 0 N–H and O–H groups in total. The van der Waals surface area contributed by atoms with Crippen LogP contribution in [-0.4, -0.2) is 5.78 Å². The molecule has 0 saturated carbocycles. The van der Waals surface area contributed by atoms with Crippen molar-refractivity contribution in [3.05, 3.63) is 199 Å². The van der Waals surface area contributed by atoms with Gasteiger partial charge in [-0.1, -0.05) is 139 Å². The summed E-state index contributed by atoms with van der Waals surface area (Å²) >= 11 is 0. The summed E-state index contributed by atoms with van der Waals surface area (Å²) in [6, 6.07) is 64.1. The van der Waals surface area contributed by atoms with Crippen LogP contribution in [0, 0.1) is 0 Å². The van der Waals surface area contributed by atoms with Crippen molar-refractivity contribution in [1.29, 1.82) is 0 Å². The second kappa shape index (κ2) is 14.0. The molecule has 0 unspecified atom stereocenters. The second-order valence-electron chi connectivity index (χ2n) is 10.8. The lowest BCUT2D eigenvalue weighted by Crippen LogP contribution is -2.38. The van der Waals surface area contributed by atoms with E-state index in [1.165, 1.54) is 27.3 Å². The highest BCUT2D eigenvalue weighted by atomic mass is 31.2. The van der Waals surface area contributed by atoms with E-state index in [-0.39, 0.29) is 23.5 Å². The summed E-state index contributed by atoms with van der Waals surface area (Å²) < 4.78 is 0. The van der Waals surface area contributed by atoms with Gasteiger partial charge in [0.2, 0.25) is 0 Å². The van der Waals surface area contributed by atoms with Crippen LogP contribution < -0.4 is 26.3 Å². The van der Waals surface area contributed by atoms with Crippen molar-refractivity contribution >= 4 is 45.0 Å². The Morgan fingerprint density at radius 2 is 0.778 bits per heavy atom. The maximum absolute atomic E-state index is 12.3. The number of carbonyl (C=O) groups is 1. The Labute approximate surface area is 265 Å². The maximum atomic E-state index is 12.3. The van der Waals surface area contributed by atoms with Crippen molar-refractivity contribution in [1.82, 2.24) is 0 Å². The Morgan fingerprint density at radius 3 is 1.18 bits per heavy atom. The molecule has 0 aliphatic heterocycles. The van der Waals surface area contributed by atoms with Crippen molar-refractivity contribution in [3.8, 4) is 5.75 Å². The molecule has 0 fully saturated rings. The van der Waals surface area contributed by atoms with Crippen molar-refractivity contribution in [2.75, 3.05) is 0 Å². The van der Waals surface area contributed by atoms with E-state index in [4.69, 9.17) is 0 Å². The Hall–Kier alpha value is -5.30. The summed E-state index contributed by atoms with van der Waals surface area (Å²) in [4.78, 5) is 12.3. The average Bonchev–Trinajstić information content (AvgIpc) is 3.11. The number of ketones is 1. The average molecular weight is 601 g/mol. The molecule has 0 spiro atoms. The predicted molar refractivity (Wildman–Crippen MR) is 189 cm³/mol. The van der Waals surface area contributed by atoms with E-state index in [0.29, 0.717) is 0 Å². The van der Waals surface area contributed by atoms with E-state index in [1.54, 1.807) is 6.07 Å². The molecular weight excluding hydrogens is 567 g/mol. The monoisotopic (exact) mass is 600 g/mol. The molecule has 45 heavy (non-hydrogen) atoms. The highest BCUT2D eigenvalue weighted by molar-refractivity contribution is 8.01. The van der Waals surface area contributed by atoms with Gasteiger partial charge in [0.25, 0.3) is 0 Å². The van der Waals surface area contributed by atoms with Crippen LogP contribution in [0.4, 0.5) is 0 Å². The lowest BCUT2D eigenvalue weighted by molar-refractivity contribution is -0.268. The molecule has 0 atom stereocenters. The van der Waals surface area contributed by atoms with E-state index < -0.39 is 7.26 Å². The Balaban J connectivity index is 0.000000163. The summed E-state index contributed by atoms with van der Waals surface area (Å²) in [6.45, 7) is 0. The van der Waals surface area contributed by atoms with E-state index in [2.05, 4.69) is 121 Å². The minimum Gasteiger partial charge on any atom is -0.872 e. The van der Waals surface area contributed by atoms with Gasteiger partial charge >= 0.3 is 0 Å². The summed E-state index contributed by atoms with van der Waals surface area (Å²) in [7, 11) is -1.91. The lowest BCUT2D eigenvalue weighted by atomic mass is 9.99. The van der Waals surface area contributed by atoms with Crippen LogP contribution in [0.15, 0.2) is 188 Å². The van der Waals surface area contributed by atoms with Crippen LogP contribution in [0.2, 0.25) is 0 Å². The van der Waals surface area contributed by atoms with Gasteiger partial charge in [0.15, 0.2) is 5.78 Å². The molecule has 0 radical (unpaired) electrons. The van der Waals surface area contributed by atoms with Crippen LogP contribution >= 0.6 is 7.26 Å². The molecule has 0 saturated heterocycles. The van der Waals surface area contributed by atoms with E-state index in [1.807, 2.05) is 54.6 Å². The third kappa shape index (κ3) is 6.48. The highest BCUT2D eigenvalue weighted by Gasteiger charge is 2.47. The topological polar surface area (TPSA) is 40.1 Å². The van der Waals surface area contributed by atoms with Crippen LogP contribution in [-0.2, 0) is 6.42 Å². The molecule has 7 aromatic rings. The van der Waals surface area contributed by atoms with Gasteiger partial charge in [-0.15, -0.1) is 0 Å². The standard InChI is InChI=1S/C24H20P.C18H14O2/c1-5-13-21(14-6-1)25(22-15-7-2-8-16-22,23-17-9-3-10-18-23)24-19-11-4-12-20-24;19-17(10-13-6-2-1-3-7-13)16-11-14-8-4-5-9-15(14)12-18(16)20/h1-20H;1-9,11-12,20H,10H2/q+1;/p-1. The minimum absolute atomic E-state index is 0.132. The van der Waals surface area contributed by atoms with Gasteiger partial charge in [-0.25, -0.2) is 0 Å². The molecule has 0 bridgehead atoms. The van der Waals surface area contributed by atoms with Crippen LogP contribution in [0.5, 0.6) is 5.75 Å². The van der Waals surface area contributed by atoms with Gasteiger partial charge < -0.3 is 5.11 Å². The predicted octanol–water partition coefficient (Wildman–Crippen LogP) is 7.64. The van der Waals surface area contributed by atoms with Gasteiger partial charge in [0, 0.05) is 12.0 Å². The minimum atomic E-state index is -1.91. The quantitative estimate of drug-likeness (QED) is 0.139. The van der Waals surface area contributed by atoms with Crippen LogP contribution in [0.1, 0.15) is 15.9 Å². The molecule has 7 rings (SSSR count). The number of hydrogen-bond donors (Lipinski definition) is 0. The molecule has 2 nitrogen and oxygen atoms in total.